The van der Waals surface area contributed by atoms with Gasteiger partial charge in [-0.1, -0.05) is 28.9 Å². The summed E-state index contributed by atoms with van der Waals surface area (Å²) in [6.45, 7) is 2.08. The fraction of sp³-hybridized carbons (Fsp3) is 0.385. The van der Waals surface area contributed by atoms with E-state index in [0.29, 0.717) is 11.5 Å². The predicted octanol–water partition coefficient (Wildman–Crippen LogP) is 3.25. The van der Waals surface area contributed by atoms with Gasteiger partial charge in [0.25, 0.3) is 0 Å². The van der Waals surface area contributed by atoms with Gasteiger partial charge in [0.2, 0.25) is 0 Å². The fourth-order valence-corrected chi connectivity index (χ4v) is 1.90. The molecule has 0 aliphatic rings. The van der Waals surface area contributed by atoms with Crippen LogP contribution in [0.1, 0.15) is 18.9 Å². The molecular weight excluding hydrogens is 284 g/mol. The van der Waals surface area contributed by atoms with E-state index in [1.807, 2.05) is 25.1 Å². The van der Waals surface area contributed by atoms with Crippen LogP contribution >= 0.6 is 15.9 Å². The van der Waals surface area contributed by atoms with Gasteiger partial charge < -0.3 is 14.6 Å². The Labute approximate surface area is 110 Å². The third-order valence-corrected chi connectivity index (χ3v) is 3.21. The van der Waals surface area contributed by atoms with Crippen molar-refractivity contribution in [1.29, 1.82) is 0 Å². The number of hydrogen-bond donors (Lipinski definition) is 1. The summed E-state index contributed by atoms with van der Waals surface area (Å²) in [6.07, 6.45) is 2.77. The Balaban J connectivity index is 3.21. The van der Waals surface area contributed by atoms with Crippen LogP contribution in [0.25, 0.3) is 6.08 Å². The molecule has 0 saturated heterocycles. The van der Waals surface area contributed by atoms with Crippen molar-refractivity contribution in [2.45, 2.75) is 13.3 Å². The number of aliphatic hydroxyl groups excluding tert-OH is 1. The molecule has 0 amide bonds. The first-order chi connectivity index (χ1) is 8.15. The van der Waals surface area contributed by atoms with Crippen LogP contribution in [0.2, 0.25) is 0 Å². The first-order valence-corrected chi connectivity index (χ1v) is 6.17. The molecule has 0 saturated carbocycles. The molecule has 3 nitrogen and oxygen atoms in total. The molecule has 1 aromatic rings. The van der Waals surface area contributed by atoms with Gasteiger partial charge in [-0.2, -0.15) is 0 Å². The maximum Gasteiger partial charge on any atom is 0.161 e. The molecule has 0 heterocycles. The second kappa shape index (κ2) is 6.67. The van der Waals surface area contributed by atoms with Gasteiger partial charge in [0, 0.05) is 4.47 Å². The summed E-state index contributed by atoms with van der Waals surface area (Å²) < 4.78 is 11.4. The summed E-state index contributed by atoms with van der Waals surface area (Å²) in [4.78, 5) is 0. The zero-order valence-corrected chi connectivity index (χ0v) is 11.9. The van der Waals surface area contributed by atoms with Gasteiger partial charge in [-0.05, 0) is 29.7 Å². The molecule has 0 fully saturated rings. The Morgan fingerprint density at radius 2 is 1.88 bits per heavy atom. The highest BCUT2D eigenvalue weighted by Gasteiger charge is 2.08. The molecule has 0 aromatic heterocycles. The van der Waals surface area contributed by atoms with Crippen LogP contribution in [0, 0.1) is 0 Å². The lowest BCUT2D eigenvalue weighted by atomic mass is 10.1. The number of ether oxygens (including phenoxy) is 2. The Hall–Kier alpha value is -1.00. The van der Waals surface area contributed by atoms with Gasteiger partial charge in [-0.3, -0.25) is 0 Å². The zero-order chi connectivity index (χ0) is 12.8. The third kappa shape index (κ3) is 3.48. The first kappa shape index (κ1) is 14.1. The second-order valence-corrected chi connectivity index (χ2v) is 4.40. The topological polar surface area (TPSA) is 38.7 Å². The minimum Gasteiger partial charge on any atom is -0.493 e. The van der Waals surface area contributed by atoms with Crippen LogP contribution in [0.5, 0.6) is 11.5 Å². The van der Waals surface area contributed by atoms with E-state index >= 15 is 0 Å². The van der Waals surface area contributed by atoms with Gasteiger partial charge >= 0.3 is 0 Å². The van der Waals surface area contributed by atoms with Crippen molar-refractivity contribution in [2.75, 3.05) is 20.8 Å². The molecule has 1 rings (SSSR count). The average Bonchev–Trinajstić information content (AvgIpc) is 2.36. The highest BCUT2D eigenvalue weighted by Crippen LogP contribution is 2.34. The van der Waals surface area contributed by atoms with E-state index in [4.69, 9.17) is 14.6 Å². The molecule has 0 bridgehead atoms. The van der Waals surface area contributed by atoms with Gasteiger partial charge in [0.1, 0.15) is 0 Å². The van der Waals surface area contributed by atoms with Crippen LogP contribution in [-0.4, -0.2) is 25.9 Å². The smallest absolute Gasteiger partial charge is 0.161 e. The Bertz CT molecular complexity index is 407. The highest BCUT2D eigenvalue weighted by atomic mass is 79.9. The fourth-order valence-electron chi connectivity index (χ4n) is 1.46. The maximum absolute atomic E-state index is 9.17. The van der Waals surface area contributed by atoms with E-state index in [9.17, 15) is 0 Å². The molecule has 94 valence electrons. The van der Waals surface area contributed by atoms with Gasteiger partial charge in [-0.25, -0.2) is 0 Å². The molecule has 0 radical (unpaired) electrons. The summed E-state index contributed by atoms with van der Waals surface area (Å²) in [5.41, 5.74) is 1.94. The quantitative estimate of drug-likeness (QED) is 0.907. The molecule has 17 heavy (non-hydrogen) atoms. The molecule has 1 N–H and O–H groups in total. The number of methoxy groups -OCH3 is 2. The van der Waals surface area contributed by atoms with E-state index in [1.54, 1.807) is 14.2 Å². The summed E-state index contributed by atoms with van der Waals surface area (Å²) in [6, 6.07) is 3.74. The number of benzene rings is 1. The number of aliphatic hydroxyl groups is 1. The van der Waals surface area contributed by atoms with Crippen LogP contribution in [0.4, 0.5) is 0 Å². The Kier molecular flexibility index (Phi) is 5.51. The SMILES string of the molecule is CCC(=Cc1cc(OC)c(OC)cc1Br)CO. The summed E-state index contributed by atoms with van der Waals surface area (Å²) >= 11 is 3.48. The van der Waals surface area contributed by atoms with Gasteiger partial charge in [0.15, 0.2) is 11.5 Å². The Morgan fingerprint density at radius 1 is 1.29 bits per heavy atom. The van der Waals surface area contributed by atoms with Crippen molar-refractivity contribution in [1.82, 2.24) is 0 Å². The van der Waals surface area contributed by atoms with Crippen molar-refractivity contribution >= 4 is 22.0 Å². The van der Waals surface area contributed by atoms with E-state index in [1.165, 1.54) is 0 Å². The normalized spacial score (nSPS) is 11.5. The molecule has 0 aliphatic carbocycles. The standard InChI is InChI=1S/C13H17BrO3/c1-4-9(8-15)5-10-6-12(16-2)13(17-3)7-11(10)14/h5-7,15H,4,8H2,1-3H3. The largest absolute Gasteiger partial charge is 0.493 e. The predicted molar refractivity (Wildman–Crippen MR) is 72.6 cm³/mol. The summed E-state index contributed by atoms with van der Waals surface area (Å²) in [5, 5.41) is 9.17. The lowest BCUT2D eigenvalue weighted by Gasteiger charge is -2.10. The van der Waals surface area contributed by atoms with Crippen LogP contribution < -0.4 is 9.47 Å². The van der Waals surface area contributed by atoms with Crippen molar-refractivity contribution in [3.8, 4) is 11.5 Å². The zero-order valence-electron chi connectivity index (χ0n) is 10.3. The average molecular weight is 301 g/mol. The Morgan fingerprint density at radius 3 is 2.35 bits per heavy atom. The highest BCUT2D eigenvalue weighted by molar-refractivity contribution is 9.10. The lowest BCUT2D eigenvalue weighted by molar-refractivity contribution is 0.329. The molecule has 0 spiro atoms. The third-order valence-electron chi connectivity index (χ3n) is 2.52. The molecule has 0 aliphatic heterocycles. The van der Waals surface area contributed by atoms with E-state index < -0.39 is 0 Å². The van der Waals surface area contributed by atoms with E-state index in [-0.39, 0.29) is 6.61 Å². The van der Waals surface area contributed by atoms with Gasteiger partial charge in [-0.15, -0.1) is 0 Å². The molecule has 1 aromatic carbocycles. The van der Waals surface area contributed by atoms with E-state index in [0.717, 1.165) is 22.0 Å². The van der Waals surface area contributed by atoms with Gasteiger partial charge in [0.05, 0.1) is 20.8 Å². The molecule has 0 unspecified atom stereocenters. The lowest BCUT2D eigenvalue weighted by Crippen LogP contribution is -1.93. The van der Waals surface area contributed by atoms with Crippen molar-refractivity contribution in [3.63, 3.8) is 0 Å². The summed E-state index contributed by atoms with van der Waals surface area (Å²) in [7, 11) is 3.21. The monoisotopic (exact) mass is 300 g/mol. The first-order valence-electron chi connectivity index (χ1n) is 5.38. The molecular formula is C13H17BrO3. The minimum absolute atomic E-state index is 0.0668. The maximum atomic E-state index is 9.17. The van der Waals surface area contributed by atoms with Crippen LogP contribution in [0.3, 0.4) is 0 Å². The van der Waals surface area contributed by atoms with Crippen molar-refractivity contribution in [2.24, 2.45) is 0 Å². The summed E-state index contributed by atoms with van der Waals surface area (Å²) in [5.74, 6) is 1.36. The number of rotatable bonds is 5. The van der Waals surface area contributed by atoms with Crippen molar-refractivity contribution in [3.05, 3.63) is 27.7 Å². The van der Waals surface area contributed by atoms with Crippen LogP contribution in [-0.2, 0) is 0 Å². The minimum atomic E-state index is 0.0668. The van der Waals surface area contributed by atoms with E-state index in [2.05, 4.69) is 15.9 Å². The number of hydrogen-bond acceptors (Lipinski definition) is 3. The molecule has 0 atom stereocenters. The van der Waals surface area contributed by atoms with Crippen LogP contribution in [0.15, 0.2) is 22.2 Å². The molecule has 4 heteroatoms. The number of halogens is 1. The second-order valence-electron chi connectivity index (χ2n) is 3.54. The van der Waals surface area contributed by atoms with Crippen molar-refractivity contribution < 1.29 is 14.6 Å².